The largest absolute Gasteiger partial charge is 0.476 e. The van der Waals surface area contributed by atoms with Crippen molar-refractivity contribution in [1.82, 2.24) is 10.2 Å². The van der Waals surface area contributed by atoms with Gasteiger partial charge in [-0.2, -0.15) is 5.10 Å². The fourth-order valence-electron chi connectivity index (χ4n) is 1.57. The van der Waals surface area contributed by atoms with Gasteiger partial charge in [0.1, 0.15) is 0 Å². The third kappa shape index (κ3) is 2.61. The topological polar surface area (TPSA) is 35.0 Å². The van der Waals surface area contributed by atoms with Gasteiger partial charge in [0.25, 0.3) is 0 Å². The molecule has 0 saturated heterocycles. The van der Waals surface area contributed by atoms with Crippen LogP contribution in [0.4, 0.5) is 8.78 Å². The van der Waals surface area contributed by atoms with Gasteiger partial charge < -0.3 is 4.74 Å². The van der Waals surface area contributed by atoms with Gasteiger partial charge in [0.2, 0.25) is 11.8 Å². The van der Waals surface area contributed by atoms with Crippen molar-refractivity contribution >= 4 is 0 Å². The SMILES string of the molecule is Cc1ccc(OCC2CC(F)(F)C2)nn1. The maximum absolute atomic E-state index is 12.5. The first-order chi connectivity index (χ1) is 7.05. The number of hydrogen-bond donors (Lipinski definition) is 0. The number of ether oxygens (including phenoxy) is 1. The third-order valence-electron chi connectivity index (χ3n) is 2.41. The zero-order valence-electron chi connectivity index (χ0n) is 8.41. The van der Waals surface area contributed by atoms with Crippen LogP contribution in [0.15, 0.2) is 12.1 Å². The molecule has 1 fully saturated rings. The Balaban J connectivity index is 1.77. The quantitative estimate of drug-likeness (QED) is 0.773. The van der Waals surface area contributed by atoms with E-state index in [1.807, 2.05) is 6.92 Å². The lowest BCUT2D eigenvalue weighted by Gasteiger charge is -2.34. The van der Waals surface area contributed by atoms with Gasteiger partial charge in [-0.15, -0.1) is 5.10 Å². The van der Waals surface area contributed by atoms with E-state index >= 15 is 0 Å². The summed E-state index contributed by atoms with van der Waals surface area (Å²) in [5, 5.41) is 7.59. The van der Waals surface area contributed by atoms with Gasteiger partial charge in [0.05, 0.1) is 12.3 Å². The van der Waals surface area contributed by atoms with E-state index in [9.17, 15) is 8.78 Å². The summed E-state index contributed by atoms with van der Waals surface area (Å²) in [6, 6.07) is 3.47. The van der Waals surface area contributed by atoms with Gasteiger partial charge in [0.15, 0.2) is 0 Å². The molecular weight excluding hydrogens is 202 g/mol. The standard InChI is InChI=1S/C10H12F2N2O/c1-7-2-3-9(14-13-7)15-6-8-4-10(11,12)5-8/h2-3,8H,4-6H2,1H3. The van der Waals surface area contributed by atoms with Crippen LogP contribution in [-0.4, -0.2) is 22.7 Å². The van der Waals surface area contributed by atoms with E-state index in [0.717, 1.165) is 5.69 Å². The van der Waals surface area contributed by atoms with Crippen LogP contribution in [-0.2, 0) is 0 Å². The summed E-state index contributed by atoms with van der Waals surface area (Å²) in [5.74, 6) is -2.13. The third-order valence-corrected chi connectivity index (χ3v) is 2.41. The summed E-state index contributed by atoms with van der Waals surface area (Å²) in [4.78, 5) is 0. The Morgan fingerprint density at radius 2 is 2.13 bits per heavy atom. The van der Waals surface area contributed by atoms with Gasteiger partial charge in [-0.25, -0.2) is 8.78 Å². The fraction of sp³-hybridized carbons (Fsp3) is 0.600. The molecule has 0 bridgehead atoms. The lowest BCUT2D eigenvalue weighted by molar-refractivity contribution is -0.119. The Bertz CT molecular complexity index is 332. The van der Waals surface area contributed by atoms with E-state index in [2.05, 4.69) is 10.2 Å². The number of halogens is 2. The van der Waals surface area contributed by atoms with Crippen molar-refractivity contribution in [2.75, 3.05) is 6.61 Å². The van der Waals surface area contributed by atoms with Crippen LogP contribution in [0.3, 0.4) is 0 Å². The molecule has 1 aliphatic carbocycles. The van der Waals surface area contributed by atoms with Crippen LogP contribution >= 0.6 is 0 Å². The summed E-state index contributed by atoms with van der Waals surface area (Å²) in [5.41, 5.74) is 0.803. The molecular formula is C10H12F2N2O. The molecule has 1 aliphatic rings. The molecule has 1 saturated carbocycles. The van der Waals surface area contributed by atoms with Crippen LogP contribution in [0, 0.1) is 12.8 Å². The van der Waals surface area contributed by atoms with Crippen LogP contribution in [0.2, 0.25) is 0 Å². The van der Waals surface area contributed by atoms with Gasteiger partial charge in [-0.3, -0.25) is 0 Å². The van der Waals surface area contributed by atoms with E-state index in [0.29, 0.717) is 12.5 Å². The summed E-state index contributed by atoms with van der Waals surface area (Å²) in [6.45, 7) is 2.12. The zero-order chi connectivity index (χ0) is 10.9. The monoisotopic (exact) mass is 214 g/mol. The van der Waals surface area contributed by atoms with Crippen LogP contribution in [0.5, 0.6) is 5.88 Å². The molecule has 0 radical (unpaired) electrons. The van der Waals surface area contributed by atoms with Crippen molar-refractivity contribution in [2.24, 2.45) is 5.92 Å². The van der Waals surface area contributed by atoms with E-state index in [1.165, 1.54) is 0 Å². The Labute approximate surface area is 86.5 Å². The van der Waals surface area contributed by atoms with Crippen molar-refractivity contribution in [3.63, 3.8) is 0 Å². The first-order valence-electron chi connectivity index (χ1n) is 4.86. The number of hydrogen-bond acceptors (Lipinski definition) is 3. The smallest absolute Gasteiger partial charge is 0.248 e. The highest BCUT2D eigenvalue weighted by atomic mass is 19.3. The van der Waals surface area contributed by atoms with Crippen molar-refractivity contribution in [3.05, 3.63) is 17.8 Å². The molecule has 2 rings (SSSR count). The van der Waals surface area contributed by atoms with E-state index in [-0.39, 0.29) is 18.8 Å². The highest BCUT2D eigenvalue weighted by molar-refractivity contribution is 5.10. The molecule has 0 unspecified atom stereocenters. The van der Waals surface area contributed by atoms with Crippen molar-refractivity contribution in [3.8, 4) is 5.88 Å². The highest BCUT2D eigenvalue weighted by Gasteiger charge is 2.45. The fourth-order valence-corrected chi connectivity index (χ4v) is 1.57. The zero-order valence-corrected chi connectivity index (χ0v) is 8.41. The summed E-state index contributed by atoms with van der Waals surface area (Å²) in [6.07, 6.45) is -0.154. The number of rotatable bonds is 3. The van der Waals surface area contributed by atoms with E-state index in [1.54, 1.807) is 12.1 Å². The average Bonchev–Trinajstić information content (AvgIpc) is 2.14. The molecule has 82 valence electrons. The predicted octanol–water partition coefficient (Wildman–Crippen LogP) is 2.21. The van der Waals surface area contributed by atoms with Crippen LogP contribution in [0.25, 0.3) is 0 Å². The van der Waals surface area contributed by atoms with Crippen molar-refractivity contribution in [1.29, 1.82) is 0 Å². The lowest BCUT2D eigenvalue weighted by Crippen LogP contribution is -2.38. The van der Waals surface area contributed by atoms with Gasteiger partial charge in [0, 0.05) is 24.8 Å². The average molecular weight is 214 g/mol. The number of alkyl halides is 2. The lowest BCUT2D eigenvalue weighted by atomic mass is 9.82. The van der Waals surface area contributed by atoms with Gasteiger partial charge in [-0.1, -0.05) is 0 Å². The van der Waals surface area contributed by atoms with E-state index in [4.69, 9.17) is 4.74 Å². The normalized spacial score (nSPS) is 19.7. The molecule has 1 aromatic rings. The van der Waals surface area contributed by atoms with Crippen LogP contribution < -0.4 is 4.74 Å². The summed E-state index contributed by atoms with van der Waals surface area (Å²) >= 11 is 0. The molecule has 15 heavy (non-hydrogen) atoms. The van der Waals surface area contributed by atoms with Crippen LogP contribution in [0.1, 0.15) is 18.5 Å². The first kappa shape index (κ1) is 10.3. The molecule has 3 nitrogen and oxygen atoms in total. The molecule has 0 aromatic carbocycles. The number of aromatic nitrogens is 2. The molecule has 0 amide bonds. The molecule has 0 N–H and O–H groups in total. The second kappa shape index (κ2) is 3.72. The minimum Gasteiger partial charge on any atom is -0.476 e. The molecule has 1 heterocycles. The Morgan fingerprint density at radius 3 is 2.67 bits per heavy atom. The second-order valence-corrected chi connectivity index (χ2v) is 3.95. The van der Waals surface area contributed by atoms with E-state index < -0.39 is 5.92 Å². The summed E-state index contributed by atoms with van der Waals surface area (Å²) in [7, 11) is 0. The van der Waals surface area contributed by atoms with Gasteiger partial charge in [-0.05, 0) is 13.0 Å². The molecule has 0 atom stereocenters. The Morgan fingerprint density at radius 1 is 1.40 bits per heavy atom. The van der Waals surface area contributed by atoms with Crippen molar-refractivity contribution < 1.29 is 13.5 Å². The Hall–Kier alpha value is -1.26. The number of aryl methyl sites for hydroxylation is 1. The van der Waals surface area contributed by atoms with Crippen molar-refractivity contribution in [2.45, 2.75) is 25.7 Å². The minimum absolute atomic E-state index is 0.0527. The molecule has 0 spiro atoms. The minimum atomic E-state index is -2.48. The first-order valence-corrected chi connectivity index (χ1v) is 4.86. The molecule has 1 aromatic heterocycles. The Kier molecular flexibility index (Phi) is 2.54. The summed E-state index contributed by atoms with van der Waals surface area (Å²) < 4.78 is 30.2. The maximum atomic E-state index is 12.5. The second-order valence-electron chi connectivity index (χ2n) is 3.95. The predicted molar refractivity (Wildman–Crippen MR) is 49.9 cm³/mol. The maximum Gasteiger partial charge on any atom is 0.248 e. The molecule has 5 heteroatoms. The van der Waals surface area contributed by atoms with Gasteiger partial charge >= 0.3 is 0 Å². The highest BCUT2D eigenvalue weighted by Crippen LogP contribution is 2.42. The molecule has 0 aliphatic heterocycles. The number of nitrogens with zero attached hydrogens (tertiary/aromatic N) is 2.